The number of para-hydroxylation sites is 1. The molecular formula is C17H15FN4O. The number of nitrogens with two attached hydrogens (primary N) is 1. The van der Waals surface area contributed by atoms with E-state index in [1.165, 1.54) is 18.3 Å². The Morgan fingerprint density at radius 1 is 1.13 bits per heavy atom. The zero-order valence-corrected chi connectivity index (χ0v) is 12.5. The van der Waals surface area contributed by atoms with E-state index in [1.807, 2.05) is 37.3 Å². The molecule has 0 saturated heterocycles. The molecule has 0 unspecified atom stereocenters. The zero-order chi connectivity index (χ0) is 16.2. The average molecular weight is 310 g/mol. The van der Waals surface area contributed by atoms with Crippen molar-refractivity contribution >= 4 is 6.21 Å². The van der Waals surface area contributed by atoms with Gasteiger partial charge in [-0.1, -0.05) is 18.2 Å². The summed E-state index contributed by atoms with van der Waals surface area (Å²) in [6, 6.07) is 15.3. The second-order valence-corrected chi connectivity index (χ2v) is 4.89. The van der Waals surface area contributed by atoms with Crippen molar-refractivity contribution < 1.29 is 9.13 Å². The van der Waals surface area contributed by atoms with Gasteiger partial charge >= 0.3 is 0 Å². The molecule has 0 saturated carbocycles. The van der Waals surface area contributed by atoms with Gasteiger partial charge in [0.15, 0.2) is 0 Å². The molecule has 3 aromatic rings. The first-order valence-corrected chi connectivity index (χ1v) is 7.01. The number of hydrogen-bond acceptors (Lipinski definition) is 4. The van der Waals surface area contributed by atoms with Crippen molar-refractivity contribution in [1.82, 2.24) is 9.78 Å². The average Bonchev–Trinajstić information content (AvgIpc) is 2.87. The van der Waals surface area contributed by atoms with Crippen molar-refractivity contribution in [3.8, 4) is 17.3 Å². The topological polar surface area (TPSA) is 65.4 Å². The van der Waals surface area contributed by atoms with Crippen LogP contribution < -0.4 is 10.6 Å². The van der Waals surface area contributed by atoms with E-state index in [-0.39, 0.29) is 5.82 Å². The molecule has 2 N–H and O–H groups in total. The van der Waals surface area contributed by atoms with Crippen LogP contribution in [0.2, 0.25) is 0 Å². The SMILES string of the molecule is Cc1nn(-c2ccccc2)c(Oc2ccc(F)cc2)c1/C=N\N. The van der Waals surface area contributed by atoms with Crippen LogP contribution in [0.5, 0.6) is 11.6 Å². The molecule has 6 heteroatoms. The van der Waals surface area contributed by atoms with E-state index >= 15 is 0 Å². The molecule has 0 bridgehead atoms. The predicted molar refractivity (Wildman–Crippen MR) is 86.6 cm³/mol. The van der Waals surface area contributed by atoms with Gasteiger partial charge in [0.2, 0.25) is 5.88 Å². The molecule has 2 aromatic carbocycles. The van der Waals surface area contributed by atoms with Crippen LogP contribution in [0.3, 0.4) is 0 Å². The van der Waals surface area contributed by atoms with Gasteiger partial charge in [-0.15, -0.1) is 0 Å². The highest BCUT2D eigenvalue weighted by Gasteiger charge is 2.17. The van der Waals surface area contributed by atoms with Gasteiger partial charge in [0, 0.05) is 0 Å². The lowest BCUT2D eigenvalue weighted by Gasteiger charge is -2.10. The molecule has 1 aromatic heterocycles. The Bertz CT molecular complexity index is 826. The fourth-order valence-corrected chi connectivity index (χ4v) is 2.20. The summed E-state index contributed by atoms with van der Waals surface area (Å²) in [6.07, 6.45) is 1.49. The second-order valence-electron chi connectivity index (χ2n) is 4.89. The fourth-order valence-electron chi connectivity index (χ4n) is 2.20. The number of halogens is 1. The van der Waals surface area contributed by atoms with Crippen molar-refractivity contribution in [3.05, 3.63) is 71.7 Å². The van der Waals surface area contributed by atoms with Gasteiger partial charge in [0.05, 0.1) is 23.2 Å². The van der Waals surface area contributed by atoms with E-state index in [1.54, 1.807) is 16.8 Å². The van der Waals surface area contributed by atoms with Gasteiger partial charge in [-0.25, -0.2) is 4.39 Å². The summed E-state index contributed by atoms with van der Waals surface area (Å²) in [7, 11) is 0. The Labute approximate surface area is 132 Å². The van der Waals surface area contributed by atoms with Gasteiger partial charge in [0.25, 0.3) is 0 Å². The minimum absolute atomic E-state index is 0.325. The molecule has 0 aliphatic heterocycles. The quantitative estimate of drug-likeness (QED) is 0.456. The molecule has 0 aliphatic rings. The molecule has 5 nitrogen and oxygen atoms in total. The van der Waals surface area contributed by atoms with Crippen molar-refractivity contribution in [2.45, 2.75) is 6.92 Å². The summed E-state index contributed by atoms with van der Waals surface area (Å²) in [5, 5.41) is 8.06. The highest BCUT2D eigenvalue weighted by Crippen LogP contribution is 2.29. The summed E-state index contributed by atoms with van der Waals surface area (Å²) in [6.45, 7) is 1.84. The molecule has 0 atom stereocenters. The Kier molecular flexibility index (Phi) is 4.05. The van der Waals surface area contributed by atoms with Crippen molar-refractivity contribution in [2.24, 2.45) is 10.9 Å². The monoisotopic (exact) mass is 310 g/mol. The minimum atomic E-state index is -0.325. The largest absolute Gasteiger partial charge is 0.438 e. The normalized spacial score (nSPS) is 11.0. The van der Waals surface area contributed by atoms with E-state index in [0.29, 0.717) is 17.2 Å². The third-order valence-electron chi connectivity index (χ3n) is 3.30. The van der Waals surface area contributed by atoms with Crippen LogP contribution in [0.15, 0.2) is 59.7 Å². The van der Waals surface area contributed by atoms with Crippen LogP contribution >= 0.6 is 0 Å². The lowest BCUT2D eigenvalue weighted by atomic mass is 10.2. The Hall–Kier alpha value is -3.15. The van der Waals surface area contributed by atoms with Gasteiger partial charge in [0.1, 0.15) is 11.6 Å². The highest BCUT2D eigenvalue weighted by molar-refractivity contribution is 5.84. The predicted octanol–water partition coefficient (Wildman–Crippen LogP) is 3.40. The highest BCUT2D eigenvalue weighted by atomic mass is 19.1. The number of aryl methyl sites for hydroxylation is 1. The molecule has 0 radical (unpaired) electrons. The molecule has 0 spiro atoms. The first-order valence-electron chi connectivity index (χ1n) is 7.01. The lowest BCUT2D eigenvalue weighted by molar-refractivity contribution is 0.442. The lowest BCUT2D eigenvalue weighted by Crippen LogP contribution is -2.00. The first kappa shape index (κ1) is 14.8. The first-order chi connectivity index (χ1) is 11.2. The molecule has 0 fully saturated rings. The number of benzene rings is 2. The summed E-state index contributed by atoms with van der Waals surface area (Å²) >= 11 is 0. The molecule has 3 rings (SSSR count). The number of rotatable bonds is 4. The van der Waals surface area contributed by atoms with Crippen molar-refractivity contribution in [1.29, 1.82) is 0 Å². The number of hydrazone groups is 1. The van der Waals surface area contributed by atoms with Gasteiger partial charge in [-0.2, -0.15) is 14.9 Å². The number of hydrogen-bond donors (Lipinski definition) is 1. The van der Waals surface area contributed by atoms with E-state index in [9.17, 15) is 4.39 Å². The molecular weight excluding hydrogens is 295 g/mol. The number of aromatic nitrogens is 2. The van der Waals surface area contributed by atoms with E-state index in [0.717, 1.165) is 11.4 Å². The summed E-state index contributed by atoms with van der Waals surface area (Å²) in [4.78, 5) is 0. The van der Waals surface area contributed by atoms with Gasteiger partial charge < -0.3 is 10.6 Å². The van der Waals surface area contributed by atoms with Gasteiger partial charge in [-0.3, -0.25) is 0 Å². The summed E-state index contributed by atoms with van der Waals surface area (Å²) in [5.74, 6) is 5.92. The van der Waals surface area contributed by atoms with Crippen molar-refractivity contribution in [2.75, 3.05) is 0 Å². The van der Waals surface area contributed by atoms with Crippen LogP contribution in [0.25, 0.3) is 5.69 Å². The van der Waals surface area contributed by atoms with E-state index in [4.69, 9.17) is 10.6 Å². The molecule has 23 heavy (non-hydrogen) atoms. The number of ether oxygens (including phenoxy) is 1. The Balaban J connectivity index is 2.10. The van der Waals surface area contributed by atoms with Crippen LogP contribution in [-0.4, -0.2) is 16.0 Å². The van der Waals surface area contributed by atoms with E-state index in [2.05, 4.69) is 10.2 Å². The summed E-state index contributed by atoms with van der Waals surface area (Å²) in [5.41, 5.74) is 2.23. The third kappa shape index (κ3) is 3.06. The maximum atomic E-state index is 13.1. The fraction of sp³-hybridized carbons (Fsp3) is 0.0588. The molecule has 116 valence electrons. The molecule has 1 heterocycles. The third-order valence-corrected chi connectivity index (χ3v) is 3.30. The van der Waals surface area contributed by atoms with Gasteiger partial charge in [-0.05, 0) is 43.3 Å². The van der Waals surface area contributed by atoms with Crippen LogP contribution in [-0.2, 0) is 0 Å². The Morgan fingerprint density at radius 3 is 2.48 bits per heavy atom. The van der Waals surface area contributed by atoms with Crippen LogP contribution in [0.1, 0.15) is 11.3 Å². The van der Waals surface area contributed by atoms with Crippen LogP contribution in [0.4, 0.5) is 4.39 Å². The standard InChI is InChI=1S/C17H15FN4O/c1-12-16(11-20-19)17(23-15-9-7-13(18)8-10-15)22(21-12)14-5-3-2-4-6-14/h2-11H,19H2,1H3/b20-11-. The smallest absolute Gasteiger partial charge is 0.231 e. The molecule has 0 aliphatic carbocycles. The zero-order valence-electron chi connectivity index (χ0n) is 12.5. The number of nitrogens with zero attached hydrogens (tertiary/aromatic N) is 3. The van der Waals surface area contributed by atoms with Crippen LogP contribution in [0, 0.1) is 12.7 Å². The minimum Gasteiger partial charge on any atom is -0.438 e. The van der Waals surface area contributed by atoms with E-state index < -0.39 is 0 Å². The second kappa shape index (κ2) is 6.31. The van der Waals surface area contributed by atoms with Crippen molar-refractivity contribution in [3.63, 3.8) is 0 Å². The molecule has 0 amide bonds. The Morgan fingerprint density at radius 2 is 1.83 bits per heavy atom. The maximum Gasteiger partial charge on any atom is 0.231 e. The maximum absolute atomic E-state index is 13.1. The summed E-state index contributed by atoms with van der Waals surface area (Å²) < 4.78 is 20.6.